The van der Waals surface area contributed by atoms with Crippen LogP contribution in [0.15, 0.2) is 24.3 Å². The minimum absolute atomic E-state index is 0.277. The predicted molar refractivity (Wildman–Crippen MR) is 33.3 cm³/mol. The van der Waals surface area contributed by atoms with E-state index < -0.39 is 0 Å². The first kappa shape index (κ1) is 5.95. The topological polar surface area (TPSA) is 26.3 Å². The molecule has 0 amide bonds. The average Bonchev–Trinajstić information content (AvgIpc) is 2.15. The first-order valence-corrected chi connectivity index (χ1v) is 2.69. The van der Waals surface area contributed by atoms with E-state index in [2.05, 4.69) is 0 Å². The highest BCUT2D eigenvalue weighted by Gasteiger charge is 1.85. The predicted octanol–water partition coefficient (Wildman–Crippen LogP) is 1.33. The fourth-order valence-electron chi connectivity index (χ4n) is 0.590. The summed E-state index contributed by atoms with van der Waals surface area (Å²) in [5.74, 6) is 0.337. The summed E-state index contributed by atoms with van der Waals surface area (Å²) in [5, 5.41) is 0. The summed E-state index contributed by atoms with van der Waals surface area (Å²) in [6.45, 7) is 1.38. The van der Waals surface area contributed by atoms with Gasteiger partial charge in [0.2, 0.25) is 0 Å². The third-order valence-electron chi connectivity index (χ3n) is 0.894. The molecule has 0 heterocycles. The van der Waals surface area contributed by atoms with Crippen LogP contribution < -0.4 is 4.74 Å². The van der Waals surface area contributed by atoms with Crippen LogP contribution in [0.1, 0.15) is 6.92 Å². The van der Waals surface area contributed by atoms with Gasteiger partial charge < -0.3 is 4.74 Å². The lowest BCUT2D eigenvalue weighted by Crippen LogP contribution is -1.99. The van der Waals surface area contributed by atoms with Crippen LogP contribution in [0.25, 0.3) is 0 Å². The van der Waals surface area contributed by atoms with E-state index in [-0.39, 0.29) is 5.97 Å². The van der Waals surface area contributed by atoms with Gasteiger partial charge in [-0.05, 0) is 5.75 Å². The van der Waals surface area contributed by atoms with E-state index in [1.165, 1.54) is 6.92 Å². The maximum Gasteiger partial charge on any atom is 0.295 e. The normalized spacial score (nSPS) is 9.00. The highest BCUT2D eigenvalue weighted by molar-refractivity contribution is 5.69. The molecule has 2 nitrogen and oxygen atoms in total. The molecule has 0 saturated carbocycles. The Balaban J connectivity index is 2.58. The van der Waals surface area contributed by atoms with Gasteiger partial charge in [0.05, 0.1) is 0 Å². The van der Waals surface area contributed by atoms with Gasteiger partial charge in [-0.2, -0.15) is 18.2 Å². The number of carbonyl (C=O) groups is 1. The zero-order chi connectivity index (χ0) is 6.69. The molecule has 0 aliphatic rings. The van der Waals surface area contributed by atoms with Crippen LogP contribution in [0.2, 0.25) is 0 Å². The van der Waals surface area contributed by atoms with Crippen molar-refractivity contribution in [3.8, 4) is 5.75 Å². The molecule has 9 heavy (non-hydrogen) atoms. The molecule has 0 aromatic heterocycles. The summed E-state index contributed by atoms with van der Waals surface area (Å²) in [6.07, 6.45) is 0. The minimum Gasteiger partial charge on any atom is -0.503 e. The Bertz CT molecular complexity index is 187. The molecular formula is C7H7O2-. The molecule has 1 aromatic carbocycles. The fourth-order valence-corrected chi connectivity index (χ4v) is 0.590. The maximum atomic E-state index is 10.3. The Hall–Kier alpha value is -1.18. The Kier molecular flexibility index (Phi) is 1.58. The smallest absolute Gasteiger partial charge is 0.295 e. The molecular weight excluding hydrogens is 116 g/mol. The molecule has 0 N–H and O–H groups in total. The number of esters is 1. The van der Waals surface area contributed by atoms with Crippen LogP contribution in [0.3, 0.4) is 0 Å². The average molecular weight is 123 g/mol. The van der Waals surface area contributed by atoms with Gasteiger partial charge in [0.1, 0.15) is 0 Å². The van der Waals surface area contributed by atoms with E-state index in [0.29, 0.717) is 5.75 Å². The van der Waals surface area contributed by atoms with E-state index >= 15 is 0 Å². The lowest BCUT2D eigenvalue weighted by molar-refractivity contribution is -0.131. The van der Waals surface area contributed by atoms with E-state index in [4.69, 9.17) is 4.74 Å². The number of ether oxygens (including phenoxy) is 1. The number of carbonyl (C=O) groups excluding carboxylic acids is 1. The van der Waals surface area contributed by atoms with Crippen molar-refractivity contribution in [1.82, 2.24) is 0 Å². The molecule has 0 aliphatic heterocycles. The van der Waals surface area contributed by atoms with Crippen LogP contribution in [0.5, 0.6) is 5.75 Å². The molecule has 1 aromatic rings. The van der Waals surface area contributed by atoms with Gasteiger partial charge in [-0.25, -0.2) is 0 Å². The molecule has 0 bridgehead atoms. The Morgan fingerprint density at radius 2 is 2.56 bits per heavy atom. The molecule has 0 unspecified atom stereocenters. The molecule has 0 saturated heterocycles. The van der Waals surface area contributed by atoms with Crippen LogP contribution >= 0.6 is 0 Å². The summed E-state index contributed by atoms with van der Waals surface area (Å²) >= 11 is 0. The SMILES string of the molecule is CC(=O)Oc1cc[cH-]c1. The van der Waals surface area contributed by atoms with Gasteiger partial charge in [0.15, 0.2) is 0 Å². The summed E-state index contributed by atoms with van der Waals surface area (Å²) in [5.41, 5.74) is 0. The standard InChI is InChI=1S/C7H7O2/c1-6(8)9-7-4-2-3-5-7/h2-5H,1H3/q-1. The Morgan fingerprint density at radius 1 is 1.78 bits per heavy atom. The van der Waals surface area contributed by atoms with Crippen molar-refractivity contribution in [2.24, 2.45) is 0 Å². The van der Waals surface area contributed by atoms with Gasteiger partial charge in [-0.1, -0.05) is 0 Å². The fraction of sp³-hybridized carbons (Fsp3) is 0.143. The van der Waals surface area contributed by atoms with Gasteiger partial charge in [0, 0.05) is 6.92 Å². The molecule has 0 aliphatic carbocycles. The first-order chi connectivity index (χ1) is 4.29. The van der Waals surface area contributed by atoms with E-state index in [0.717, 1.165) is 0 Å². The second kappa shape index (κ2) is 2.40. The maximum absolute atomic E-state index is 10.3. The summed E-state index contributed by atoms with van der Waals surface area (Å²) in [6, 6.07) is 7.11. The quantitative estimate of drug-likeness (QED) is 0.416. The van der Waals surface area contributed by atoms with Crippen molar-refractivity contribution in [2.75, 3.05) is 0 Å². The second-order valence-electron chi connectivity index (χ2n) is 1.71. The number of hydrogen-bond acceptors (Lipinski definition) is 2. The van der Waals surface area contributed by atoms with Crippen molar-refractivity contribution >= 4 is 5.97 Å². The molecule has 48 valence electrons. The van der Waals surface area contributed by atoms with Crippen molar-refractivity contribution < 1.29 is 9.53 Å². The molecule has 0 atom stereocenters. The first-order valence-electron chi connectivity index (χ1n) is 2.69. The highest BCUT2D eigenvalue weighted by Crippen LogP contribution is 2.09. The zero-order valence-corrected chi connectivity index (χ0v) is 5.13. The molecule has 0 spiro atoms. The van der Waals surface area contributed by atoms with Crippen molar-refractivity contribution in [3.05, 3.63) is 24.3 Å². The van der Waals surface area contributed by atoms with Crippen LogP contribution in [-0.4, -0.2) is 5.97 Å². The largest absolute Gasteiger partial charge is 0.503 e. The van der Waals surface area contributed by atoms with E-state index in [1.807, 2.05) is 12.1 Å². The third kappa shape index (κ3) is 1.64. The molecule has 0 radical (unpaired) electrons. The number of rotatable bonds is 1. The lowest BCUT2D eigenvalue weighted by Gasteiger charge is -2.01. The third-order valence-corrected chi connectivity index (χ3v) is 0.894. The van der Waals surface area contributed by atoms with Gasteiger partial charge in [-0.15, -0.1) is 6.07 Å². The Labute approximate surface area is 53.4 Å². The second-order valence-corrected chi connectivity index (χ2v) is 1.71. The van der Waals surface area contributed by atoms with Gasteiger partial charge in [0.25, 0.3) is 5.97 Å². The summed E-state index contributed by atoms with van der Waals surface area (Å²) in [4.78, 5) is 10.3. The van der Waals surface area contributed by atoms with Gasteiger partial charge >= 0.3 is 0 Å². The number of hydrogen-bond donors (Lipinski definition) is 0. The van der Waals surface area contributed by atoms with Crippen molar-refractivity contribution in [1.29, 1.82) is 0 Å². The van der Waals surface area contributed by atoms with Crippen molar-refractivity contribution in [3.63, 3.8) is 0 Å². The molecule has 1 rings (SSSR count). The van der Waals surface area contributed by atoms with Gasteiger partial charge in [-0.3, -0.25) is 4.79 Å². The summed E-state index contributed by atoms with van der Waals surface area (Å²) in [7, 11) is 0. The van der Waals surface area contributed by atoms with Crippen LogP contribution in [0.4, 0.5) is 0 Å². The lowest BCUT2D eigenvalue weighted by atomic mass is 10.6. The molecule has 2 heteroatoms. The van der Waals surface area contributed by atoms with E-state index in [9.17, 15) is 4.79 Å². The highest BCUT2D eigenvalue weighted by atomic mass is 16.5. The van der Waals surface area contributed by atoms with Crippen LogP contribution in [-0.2, 0) is 4.79 Å². The van der Waals surface area contributed by atoms with E-state index in [1.54, 1.807) is 12.1 Å². The van der Waals surface area contributed by atoms with Crippen LogP contribution in [0, 0.1) is 0 Å². The monoisotopic (exact) mass is 123 g/mol. The minimum atomic E-state index is -0.277. The molecule has 0 fully saturated rings. The zero-order valence-electron chi connectivity index (χ0n) is 5.13. The summed E-state index contributed by atoms with van der Waals surface area (Å²) < 4.78 is 4.72. The Morgan fingerprint density at radius 3 is 3.00 bits per heavy atom. The van der Waals surface area contributed by atoms with Crippen molar-refractivity contribution in [2.45, 2.75) is 6.92 Å².